The zero-order valence-electron chi connectivity index (χ0n) is 17.4. The van der Waals surface area contributed by atoms with Gasteiger partial charge in [0.15, 0.2) is 6.10 Å². The molecule has 8 nitrogen and oxygen atoms in total. The number of hydrogen-bond donors (Lipinski definition) is 4. The number of fused-ring (bicyclic) bond motifs is 1. The molecule has 0 saturated carbocycles. The summed E-state index contributed by atoms with van der Waals surface area (Å²) in [4.78, 5) is 24.3. The molecule has 0 aliphatic carbocycles. The number of aromatic hydroxyl groups is 1. The van der Waals surface area contributed by atoms with Crippen LogP contribution in [0.2, 0.25) is 0 Å². The van der Waals surface area contributed by atoms with Gasteiger partial charge in [0.2, 0.25) is 0 Å². The molecule has 0 heterocycles. The van der Waals surface area contributed by atoms with Gasteiger partial charge in [-0.25, -0.2) is 10.3 Å². The SMILES string of the molecule is CCO[C@@H](/C=C/C(=O)NO)[C@@H](OC(=O)Nc1cccc2ccccc12)c1ccc(O)cc1. The lowest BCUT2D eigenvalue weighted by molar-refractivity contribution is -0.124. The van der Waals surface area contributed by atoms with Crippen LogP contribution in [-0.4, -0.2) is 35.0 Å². The van der Waals surface area contributed by atoms with Crippen LogP contribution in [-0.2, 0) is 14.3 Å². The molecule has 2 amide bonds. The van der Waals surface area contributed by atoms with Crippen LogP contribution < -0.4 is 10.8 Å². The Bertz CT molecular complexity index is 1090. The van der Waals surface area contributed by atoms with E-state index in [4.69, 9.17) is 14.7 Å². The first-order valence-corrected chi connectivity index (χ1v) is 10.00. The molecule has 3 aromatic carbocycles. The Balaban J connectivity index is 1.88. The number of carbonyl (C=O) groups is 2. The number of amides is 2. The Hall–Kier alpha value is -3.88. The van der Waals surface area contributed by atoms with E-state index in [1.807, 2.05) is 36.4 Å². The van der Waals surface area contributed by atoms with Gasteiger partial charge in [-0.3, -0.25) is 15.3 Å². The molecule has 3 rings (SSSR count). The molecule has 0 saturated heterocycles. The monoisotopic (exact) mass is 436 g/mol. The van der Waals surface area contributed by atoms with Crippen LogP contribution in [0.1, 0.15) is 18.6 Å². The molecule has 32 heavy (non-hydrogen) atoms. The van der Waals surface area contributed by atoms with Gasteiger partial charge in [0.05, 0.1) is 5.69 Å². The van der Waals surface area contributed by atoms with Crippen molar-refractivity contribution >= 4 is 28.5 Å². The number of benzene rings is 3. The standard InChI is InChI=1S/C24H24N2O6/c1-2-31-21(14-15-22(28)26-30)23(17-10-12-18(27)13-11-17)32-24(29)25-20-9-5-7-16-6-3-4-8-19(16)20/h3-15,21,23,27,30H,2H2,1H3,(H,25,29)(H,26,28)/b15-14+/t21-,23-/m0/s1. The quantitative estimate of drug-likeness (QED) is 0.238. The van der Waals surface area contributed by atoms with Crippen molar-refractivity contribution in [3.63, 3.8) is 0 Å². The van der Waals surface area contributed by atoms with E-state index in [0.29, 0.717) is 11.3 Å². The average Bonchev–Trinajstić information content (AvgIpc) is 2.81. The summed E-state index contributed by atoms with van der Waals surface area (Å²) in [5, 5.41) is 22.9. The van der Waals surface area contributed by atoms with Crippen LogP contribution in [0.4, 0.5) is 10.5 Å². The third-order valence-corrected chi connectivity index (χ3v) is 4.69. The maximum Gasteiger partial charge on any atom is 0.412 e. The van der Waals surface area contributed by atoms with E-state index < -0.39 is 24.2 Å². The number of phenolic OH excluding ortho intramolecular Hbond substituents is 1. The van der Waals surface area contributed by atoms with E-state index in [0.717, 1.165) is 16.8 Å². The third-order valence-electron chi connectivity index (χ3n) is 4.69. The van der Waals surface area contributed by atoms with Crippen molar-refractivity contribution in [1.82, 2.24) is 5.48 Å². The van der Waals surface area contributed by atoms with Crippen LogP contribution in [0.25, 0.3) is 10.8 Å². The molecule has 4 N–H and O–H groups in total. The number of carbonyl (C=O) groups excluding carboxylic acids is 2. The smallest absolute Gasteiger partial charge is 0.412 e. The molecule has 0 unspecified atom stereocenters. The fraction of sp³-hybridized carbons (Fsp3) is 0.167. The highest BCUT2D eigenvalue weighted by Crippen LogP contribution is 2.28. The van der Waals surface area contributed by atoms with Crippen LogP contribution in [0.15, 0.2) is 78.9 Å². The van der Waals surface area contributed by atoms with E-state index in [9.17, 15) is 14.7 Å². The lowest BCUT2D eigenvalue weighted by atomic mass is 10.0. The van der Waals surface area contributed by atoms with Gasteiger partial charge in [0.25, 0.3) is 5.91 Å². The predicted octanol–water partition coefficient (Wildman–Crippen LogP) is 4.30. The fourth-order valence-corrected chi connectivity index (χ4v) is 3.23. The summed E-state index contributed by atoms with van der Waals surface area (Å²) in [5.74, 6) is -0.699. The predicted molar refractivity (Wildman–Crippen MR) is 119 cm³/mol. The number of rotatable bonds is 8. The molecule has 0 radical (unpaired) electrons. The van der Waals surface area contributed by atoms with Gasteiger partial charge in [-0.2, -0.15) is 0 Å². The molecule has 8 heteroatoms. The van der Waals surface area contributed by atoms with Crippen molar-refractivity contribution in [1.29, 1.82) is 0 Å². The minimum absolute atomic E-state index is 0.0517. The molecular formula is C24H24N2O6. The Kier molecular flexibility index (Phi) is 7.80. The Morgan fingerprint density at radius 2 is 1.75 bits per heavy atom. The van der Waals surface area contributed by atoms with E-state index in [2.05, 4.69) is 5.32 Å². The Morgan fingerprint density at radius 1 is 1.03 bits per heavy atom. The van der Waals surface area contributed by atoms with E-state index >= 15 is 0 Å². The van der Waals surface area contributed by atoms with Crippen LogP contribution >= 0.6 is 0 Å². The first-order valence-electron chi connectivity index (χ1n) is 10.00. The summed E-state index contributed by atoms with van der Waals surface area (Å²) in [6.07, 6.45) is -0.0187. The van der Waals surface area contributed by atoms with Crippen LogP contribution in [0, 0.1) is 0 Å². The minimum Gasteiger partial charge on any atom is -0.508 e. The summed E-state index contributed by atoms with van der Waals surface area (Å²) in [7, 11) is 0. The Morgan fingerprint density at radius 3 is 2.47 bits per heavy atom. The molecular weight excluding hydrogens is 412 g/mol. The fourth-order valence-electron chi connectivity index (χ4n) is 3.23. The van der Waals surface area contributed by atoms with Crippen molar-refractivity contribution in [2.75, 3.05) is 11.9 Å². The van der Waals surface area contributed by atoms with Gasteiger partial charge in [0, 0.05) is 18.1 Å². The Labute approximate surface area is 185 Å². The molecule has 0 fully saturated rings. The lowest BCUT2D eigenvalue weighted by Crippen LogP contribution is -2.28. The molecule has 0 aliphatic heterocycles. The van der Waals surface area contributed by atoms with E-state index in [-0.39, 0.29) is 12.4 Å². The van der Waals surface area contributed by atoms with Gasteiger partial charge in [-0.15, -0.1) is 0 Å². The van der Waals surface area contributed by atoms with Crippen molar-refractivity contribution < 1.29 is 29.4 Å². The third kappa shape index (κ3) is 5.84. The summed E-state index contributed by atoms with van der Waals surface area (Å²) in [6, 6.07) is 19.3. The van der Waals surface area contributed by atoms with Gasteiger partial charge in [-0.1, -0.05) is 48.5 Å². The van der Waals surface area contributed by atoms with Crippen molar-refractivity contribution in [3.05, 3.63) is 84.4 Å². The highest BCUT2D eigenvalue weighted by atomic mass is 16.6. The lowest BCUT2D eigenvalue weighted by Gasteiger charge is -2.25. The second-order valence-electron chi connectivity index (χ2n) is 6.82. The number of anilines is 1. The van der Waals surface area contributed by atoms with E-state index in [1.54, 1.807) is 25.1 Å². The summed E-state index contributed by atoms with van der Waals surface area (Å²) < 4.78 is 11.4. The molecule has 0 aliphatic rings. The number of hydrogen-bond acceptors (Lipinski definition) is 6. The van der Waals surface area contributed by atoms with Gasteiger partial charge in [0.1, 0.15) is 11.9 Å². The van der Waals surface area contributed by atoms with Crippen molar-refractivity contribution in [2.45, 2.75) is 19.1 Å². The maximum atomic E-state index is 12.8. The summed E-state index contributed by atoms with van der Waals surface area (Å²) in [5.41, 5.74) is 2.63. The first-order chi connectivity index (χ1) is 15.5. The largest absolute Gasteiger partial charge is 0.508 e. The summed E-state index contributed by atoms with van der Waals surface area (Å²) in [6.45, 7) is 2.04. The number of phenols is 1. The molecule has 0 aromatic heterocycles. The number of hydroxylamine groups is 1. The molecule has 0 spiro atoms. The second-order valence-corrected chi connectivity index (χ2v) is 6.82. The van der Waals surface area contributed by atoms with Crippen molar-refractivity contribution in [2.24, 2.45) is 0 Å². The van der Waals surface area contributed by atoms with Gasteiger partial charge < -0.3 is 14.6 Å². The maximum absolute atomic E-state index is 12.8. The highest BCUT2D eigenvalue weighted by molar-refractivity contribution is 6.00. The van der Waals surface area contributed by atoms with Crippen molar-refractivity contribution in [3.8, 4) is 5.75 Å². The average molecular weight is 436 g/mol. The topological polar surface area (TPSA) is 117 Å². The van der Waals surface area contributed by atoms with E-state index in [1.165, 1.54) is 23.7 Å². The first kappa shape index (κ1) is 22.8. The zero-order chi connectivity index (χ0) is 22.9. The minimum atomic E-state index is -0.937. The van der Waals surface area contributed by atoms with Gasteiger partial charge in [-0.05, 0) is 42.1 Å². The normalized spacial score (nSPS) is 12.9. The molecule has 3 aromatic rings. The number of ether oxygens (including phenoxy) is 2. The highest BCUT2D eigenvalue weighted by Gasteiger charge is 2.26. The second kappa shape index (κ2) is 10.9. The molecule has 166 valence electrons. The van der Waals surface area contributed by atoms with Crippen LogP contribution in [0.3, 0.4) is 0 Å². The van der Waals surface area contributed by atoms with Gasteiger partial charge >= 0.3 is 6.09 Å². The molecule has 2 atom stereocenters. The van der Waals surface area contributed by atoms with Crippen LogP contribution in [0.5, 0.6) is 5.75 Å². The zero-order valence-corrected chi connectivity index (χ0v) is 17.4. The summed E-state index contributed by atoms with van der Waals surface area (Å²) >= 11 is 0. The number of nitrogens with one attached hydrogen (secondary N) is 2. The molecule has 0 bridgehead atoms.